The van der Waals surface area contributed by atoms with Gasteiger partial charge in [-0.3, -0.25) is 0 Å². The number of furan rings is 1. The number of hydrogen-bond donors (Lipinski definition) is 2. The number of nitrogens with zero attached hydrogens (tertiary/aromatic N) is 1. The van der Waals surface area contributed by atoms with Gasteiger partial charge in [0.2, 0.25) is 5.76 Å². The summed E-state index contributed by atoms with van der Waals surface area (Å²) >= 11 is 0. The first kappa shape index (κ1) is 12.7. The summed E-state index contributed by atoms with van der Waals surface area (Å²) < 4.78 is 30.7. The third kappa shape index (κ3) is 3.05. The number of rotatable bonds is 5. The molecule has 0 aromatic carbocycles. The molecule has 0 aliphatic rings. The third-order valence-electron chi connectivity index (χ3n) is 1.78. The Hall–Kier alpha value is -1.38. The molecule has 8 heteroatoms. The van der Waals surface area contributed by atoms with Crippen LogP contribution in [-0.4, -0.2) is 37.9 Å². The Kier molecular flexibility index (Phi) is 3.68. The zero-order chi connectivity index (χ0) is 12.3. The fourth-order valence-electron chi connectivity index (χ4n) is 0.879. The molecule has 0 saturated carbocycles. The Morgan fingerprint density at radius 2 is 2.12 bits per heavy atom. The molecule has 0 radical (unpaired) electrons. The molecule has 16 heavy (non-hydrogen) atoms. The van der Waals surface area contributed by atoms with Crippen LogP contribution >= 0.6 is 0 Å². The molecule has 1 rings (SSSR count). The highest BCUT2D eigenvalue weighted by Gasteiger charge is 2.14. The molecule has 1 aromatic heterocycles. The lowest BCUT2D eigenvalue weighted by Gasteiger charge is -2.10. The number of carboxylic acid groups (broad SMARTS) is 1. The van der Waals surface area contributed by atoms with Gasteiger partial charge in [0.15, 0.2) is 0 Å². The molecule has 0 spiro atoms. The molecule has 0 atom stereocenters. The van der Waals surface area contributed by atoms with Gasteiger partial charge in [-0.1, -0.05) is 0 Å². The van der Waals surface area contributed by atoms with Crippen LogP contribution in [0.25, 0.3) is 0 Å². The van der Waals surface area contributed by atoms with E-state index in [9.17, 15) is 13.2 Å². The Morgan fingerprint density at radius 1 is 1.50 bits per heavy atom. The average molecular weight is 248 g/mol. The molecule has 0 aliphatic heterocycles. The molecule has 0 fully saturated rings. The van der Waals surface area contributed by atoms with Crippen molar-refractivity contribution >= 4 is 16.2 Å². The molecule has 1 aromatic rings. The molecule has 2 N–H and O–H groups in total. The molecule has 0 amide bonds. The van der Waals surface area contributed by atoms with Crippen molar-refractivity contribution in [3.8, 4) is 0 Å². The maximum Gasteiger partial charge on any atom is 0.371 e. The molecule has 90 valence electrons. The van der Waals surface area contributed by atoms with E-state index in [1.54, 1.807) is 0 Å². The largest absolute Gasteiger partial charge is 0.475 e. The zero-order valence-electron chi connectivity index (χ0n) is 8.80. The second-order valence-corrected chi connectivity index (χ2v) is 5.15. The lowest BCUT2D eigenvalue weighted by Crippen LogP contribution is -2.35. The summed E-state index contributed by atoms with van der Waals surface area (Å²) in [6, 6.07) is 2.67. The zero-order valence-corrected chi connectivity index (χ0v) is 9.61. The Balaban J connectivity index is 2.65. The van der Waals surface area contributed by atoms with Crippen LogP contribution in [0.15, 0.2) is 16.5 Å². The van der Waals surface area contributed by atoms with Gasteiger partial charge in [-0.25, -0.2) is 4.79 Å². The van der Waals surface area contributed by atoms with E-state index in [1.807, 2.05) is 0 Å². The van der Waals surface area contributed by atoms with Crippen molar-refractivity contribution in [2.75, 3.05) is 14.1 Å². The van der Waals surface area contributed by atoms with Gasteiger partial charge < -0.3 is 9.52 Å². The van der Waals surface area contributed by atoms with E-state index in [1.165, 1.54) is 26.2 Å². The van der Waals surface area contributed by atoms with Crippen molar-refractivity contribution in [1.29, 1.82) is 0 Å². The third-order valence-corrected chi connectivity index (χ3v) is 3.25. The number of aromatic carboxylic acids is 1. The Morgan fingerprint density at radius 3 is 2.56 bits per heavy atom. The number of carboxylic acids is 1. The van der Waals surface area contributed by atoms with Crippen molar-refractivity contribution in [3.05, 3.63) is 23.7 Å². The van der Waals surface area contributed by atoms with Gasteiger partial charge in [-0.05, 0) is 12.1 Å². The fraction of sp³-hybridized carbons (Fsp3) is 0.375. The number of nitrogens with one attached hydrogen (secondary N) is 1. The summed E-state index contributed by atoms with van der Waals surface area (Å²) in [6.45, 7) is -0.0895. The second kappa shape index (κ2) is 4.64. The van der Waals surface area contributed by atoms with Crippen molar-refractivity contribution < 1.29 is 22.7 Å². The average Bonchev–Trinajstić information content (AvgIpc) is 2.63. The van der Waals surface area contributed by atoms with Crippen molar-refractivity contribution in [2.24, 2.45) is 0 Å². The summed E-state index contributed by atoms with van der Waals surface area (Å²) in [4.78, 5) is 10.5. The first-order valence-electron chi connectivity index (χ1n) is 4.32. The van der Waals surface area contributed by atoms with E-state index in [2.05, 4.69) is 4.72 Å². The van der Waals surface area contributed by atoms with Crippen LogP contribution in [0.4, 0.5) is 0 Å². The van der Waals surface area contributed by atoms with Crippen LogP contribution in [0.1, 0.15) is 16.3 Å². The van der Waals surface area contributed by atoms with E-state index in [0.717, 1.165) is 4.31 Å². The standard InChI is InChI=1S/C8H12N2O5S/c1-10(2)16(13,14)9-5-6-3-4-7(15-6)8(11)12/h3-4,9H,5H2,1-2H3,(H,11,12). The lowest BCUT2D eigenvalue weighted by atomic mass is 10.4. The van der Waals surface area contributed by atoms with Gasteiger partial charge in [0, 0.05) is 14.1 Å². The van der Waals surface area contributed by atoms with Crippen LogP contribution < -0.4 is 4.72 Å². The molecule has 0 unspecified atom stereocenters. The Bertz CT molecular complexity index is 476. The molecule has 0 aliphatic carbocycles. The van der Waals surface area contributed by atoms with Crippen molar-refractivity contribution in [2.45, 2.75) is 6.54 Å². The van der Waals surface area contributed by atoms with Crippen LogP contribution in [0, 0.1) is 0 Å². The van der Waals surface area contributed by atoms with Crippen LogP contribution in [0.2, 0.25) is 0 Å². The highest BCUT2D eigenvalue weighted by molar-refractivity contribution is 7.87. The Labute approximate surface area is 92.8 Å². The minimum Gasteiger partial charge on any atom is -0.475 e. The first-order chi connectivity index (χ1) is 7.33. The molecule has 7 nitrogen and oxygen atoms in total. The summed E-state index contributed by atoms with van der Waals surface area (Å²) in [5, 5.41) is 8.57. The van der Waals surface area contributed by atoms with Crippen molar-refractivity contribution in [3.63, 3.8) is 0 Å². The highest BCUT2D eigenvalue weighted by atomic mass is 32.2. The first-order valence-corrected chi connectivity index (χ1v) is 5.76. The van der Waals surface area contributed by atoms with E-state index < -0.39 is 16.2 Å². The monoisotopic (exact) mass is 248 g/mol. The predicted molar refractivity (Wildman–Crippen MR) is 55.1 cm³/mol. The summed E-state index contributed by atoms with van der Waals surface area (Å²) in [5.74, 6) is -1.18. The molecule has 0 bridgehead atoms. The van der Waals surface area contributed by atoms with Gasteiger partial charge >= 0.3 is 5.97 Å². The molecular weight excluding hydrogens is 236 g/mol. The molecule has 0 saturated heterocycles. The smallest absolute Gasteiger partial charge is 0.371 e. The number of carbonyl (C=O) groups is 1. The van der Waals surface area contributed by atoms with E-state index in [-0.39, 0.29) is 18.1 Å². The van der Waals surface area contributed by atoms with Gasteiger partial charge in [0.1, 0.15) is 5.76 Å². The van der Waals surface area contributed by atoms with E-state index >= 15 is 0 Å². The summed E-state index contributed by atoms with van der Waals surface area (Å²) in [7, 11) is -0.767. The number of hydrogen-bond acceptors (Lipinski definition) is 4. The maximum atomic E-state index is 11.3. The van der Waals surface area contributed by atoms with Gasteiger partial charge in [-0.2, -0.15) is 17.4 Å². The molecular formula is C8H12N2O5S. The SMILES string of the molecule is CN(C)S(=O)(=O)NCc1ccc(C(=O)O)o1. The normalized spacial score (nSPS) is 11.9. The highest BCUT2D eigenvalue weighted by Crippen LogP contribution is 2.07. The van der Waals surface area contributed by atoms with Crippen molar-refractivity contribution in [1.82, 2.24) is 9.03 Å². The lowest BCUT2D eigenvalue weighted by molar-refractivity contribution is 0.0660. The minimum atomic E-state index is -3.53. The van der Waals surface area contributed by atoms with Gasteiger partial charge in [-0.15, -0.1) is 0 Å². The van der Waals surface area contributed by atoms with Gasteiger partial charge in [0.05, 0.1) is 6.54 Å². The summed E-state index contributed by atoms with van der Waals surface area (Å²) in [6.07, 6.45) is 0. The topological polar surface area (TPSA) is 99.9 Å². The van der Waals surface area contributed by atoms with Crippen LogP contribution in [-0.2, 0) is 16.8 Å². The predicted octanol–water partition coefficient (Wildman–Crippen LogP) is -0.126. The van der Waals surface area contributed by atoms with E-state index in [4.69, 9.17) is 9.52 Å². The fourth-order valence-corrected chi connectivity index (χ4v) is 1.46. The summed E-state index contributed by atoms with van der Waals surface area (Å²) in [5.41, 5.74) is 0. The van der Waals surface area contributed by atoms with Gasteiger partial charge in [0.25, 0.3) is 10.2 Å². The van der Waals surface area contributed by atoms with Crippen LogP contribution in [0.5, 0.6) is 0 Å². The maximum absolute atomic E-state index is 11.3. The second-order valence-electron chi connectivity index (χ2n) is 3.18. The molecule has 1 heterocycles. The quantitative estimate of drug-likeness (QED) is 0.756. The van der Waals surface area contributed by atoms with E-state index in [0.29, 0.717) is 0 Å². The van der Waals surface area contributed by atoms with Crippen LogP contribution in [0.3, 0.4) is 0 Å². The minimum absolute atomic E-state index is 0.0895.